The lowest BCUT2D eigenvalue weighted by Crippen LogP contribution is -2.37. The molecule has 2 atom stereocenters. The molecule has 0 radical (unpaired) electrons. The molecule has 320 valence electrons. The number of rotatable bonds is 39. The lowest BCUT2D eigenvalue weighted by atomic mass is 10.1. The van der Waals surface area contributed by atoms with Gasteiger partial charge in [0.25, 0.3) is 0 Å². The summed E-state index contributed by atoms with van der Waals surface area (Å²) in [5, 5.41) is 0. The lowest BCUT2D eigenvalue weighted by molar-refractivity contribution is -0.870. The quantitative estimate of drug-likeness (QED) is 0.0215. The maximum absolute atomic E-state index is 12.7. The van der Waals surface area contributed by atoms with Gasteiger partial charge in [-0.3, -0.25) is 18.6 Å². The third-order valence-corrected chi connectivity index (χ3v) is 10.0. The topological polar surface area (TPSA) is 108 Å². The van der Waals surface area contributed by atoms with E-state index in [0.717, 1.165) is 83.5 Å². The molecule has 0 saturated carbocycles. The van der Waals surface area contributed by atoms with E-state index in [0.29, 0.717) is 17.4 Å². The van der Waals surface area contributed by atoms with Crippen LogP contribution in [0.5, 0.6) is 0 Å². The number of esters is 2. The minimum absolute atomic E-state index is 0.0262. The summed E-state index contributed by atoms with van der Waals surface area (Å²) in [5.74, 6) is -0.826. The van der Waals surface area contributed by atoms with Crippen LogP contribution < -0.4 is 0 Å². The van der Waals surface area contributed by atoms with Crippen molar-refractivity contribution in [1.29, 1.82) is 0 Å². The first-order valence-corrected chi connectivity index (χ1v) is 23.4. The molecule has 1 N–H and O–H groups in total. The zero-order valence-corrected chi connectivity index (χ0v) is 36.8. The zero-order chi connectivity index (χ0) is 40.7. The second-order valence-electron chi connectivity index (χ2n) is 15.7. The number of phosphoric acid groups is 1. The number of ether oxygens (including phenoxy) is 2. The van der Waals surface area contributed by atoms with Gasteiger partial charge in [0.05, 0.1) is 27.7 Å². The summed E-state index contributed by atoms with van der Waals surface area (Å²) in [5.41, 5.74) is 0. The molecule has 55 heavy (non-hydrogen) atoms. The van der Waals surface area contributed by atoms with Crippen LogP contribution in [0.25, 0.3) is 0 Å². The van der Waals surface area contributed by atoms with Crippen molar-refractivity contribution >= 4 is 19.8 Å². The van der Waals surface area contributed by atoms with Crippen molar-refractivity contribution in [1.82, 2.24) is 0 Å². The van der Waals surface area contributed by atoms with Crippen molar-refractivity contribution in [2.45, 2.75) is 180 Å². The number of carbonyl (C=O) groups is 2. The van der Waals surface area contributed by atoms with E-state index in [9.17, 15) is 19.0 Å². The Bertz CT molecular complexity index is 1080. The molecule has 0 aromatic carbocycles. The molecule has 0 saturated heterocycles. The molecule has 0 aliphatic carbocycles. The second kappa shape index (κ2) is 37.5. The molecule has 0 aliphatic rings. The summed E-state index contributed by atoms with van der Waals surface area (Å²) < 4.78 is 34.3. The van der Waals surface area contributed by atoms with E-state index in [1.54, 1.807) is 0 Å². The molecule has 9 nitrogen and oxygen atoms in total. The molecule has 0 fully saturated rings. The first-order valence-electron chi connectivity index (χ1n) is 21.9. The number of phosphoric ester groups is 1. The van der Waals surface area contributed by atoms with Crippen molar-refractivity contribution in [3.8, 4) is 0 Å². The highest BCUT2D eigenvalue weighted by Gasteiger charge is 2.27. The van der Waals surface area contributed by atoms with Crippen molar-refractivity contribution in [2.75, 3.05) is 47.5 Å². The molecule has 0 aromatic rings. The monoisotopic (exact) mass is 797 g/mol. The number of allylic oxidation sites excluding steroid dienone is 8. The molecule has 0 bridgehead atoms. The highest BCUT2D eigenvalue weighted by atomic mass is 31.2. The maximum atomic E-state index is 12.7. The Hall–Kier alpha value is -2.03. The fraction of sp³-hybridized carbons (Fsp3) is 0.778. The van der Waals surface area contributed by atoms with Crippen LogP contribution in [0.3, 0.4) is 0 Å². The molecule has 0 aliphatic heterocycles. The third-order valence-electron chi connectivity index (χ3n) is 9.06. The van der Waals surface area contributed by atoms with Crippen LogP contribution in [-0.2, 0) is 32.7 Å². The average molecular weight is 797 g/mol. The standard InChI is InChI=1S/C45H82NO8P/c1-6-8-10-12-14-16-18-20-21-22-23-24-26-28-30-32-34-36-38-45(48)54-43(42-53-55(49,50)52-40-39-46(3,4)5)41-51-44(47)37-35-33-31-29-27-25-19-17-15-13-11-9-7-2/h11,13,16-19,21-22,43H,6-10,12,14-15,20,23-42H2,1-5H3/p+1/b13-11-,18-16-,19-17-,22-21-. The smallest absolute Gasteiger partial charge is 0.462 e. The summed E-state index contributed by atoms with van der Waals surface area (Å²) in [6, 6.07) is 0. The number of unbranched alkanes of at least 4 members (excludes halogenated alkanes) is 17. The van der Waals surface area contributed by atoms with Gasteiger partial charge < -0.3 is 18.9 Å². The predicted octanol–water partition coefficient (Wildman–Crippen LogP) is 12.3. The Labute approximate surface area is 337 Å². The summed E-state index contributed by atoms with van der Waals surface area (Å²) >= 11 is 0. The van der Waals surface area contributed by atoms with E-state index in [2.05, 4.69) is 62.5 Å². The van der Waals surface area contributed by atoms with E-state index in [-0.39, 0.29) is 32.0 Å². The number of hydrogen-bond acceptors (Lipinski definition) is 7. The number of nitrogens with zero attached hydrogens (tertiary/aromatic N) is 1. The van der Waals surface area contributed by atoms with Crippen LogP contribution >= 0.6 is 7.82 Å². The average Bonchev–Trinajstić information content (AvgIpc) is 3.13. The van der Waals surface area contributed by atoms with Crippen molar-refractivity contribution in [2.24, 2.45) is 0 Å². The van der Waals surface area contributed by atoms with Crippen LogP contribution in [-0.4, -0.2) is 74.9 Å². The molecule has 10 heteroatoms. The van der Waals surface area contributed by atoms with E-state index < -0.39 is 26.5 Å². The van der Waals surface area contributed by atoms with Gasteiger partial charge in [0.15, 0.2) is 6.10 Å². The Kier molecular flexibility index (Phi) is 36.2. The highest BCUT2D eigenvalue weighted by Crippen LogP contribution is 2.43. The van der Waals surface area contributed by atoms with Gasteiger partial charge in [-0.1, -0.05) is 140 Å². The lowest BCUT2D eigenvalue weighted by Gasteiger charge is -2.24. The van der Waals surface area contributed by atoms with E-state index >= 15 is 0 Å². The normalized spacial score (nSPS) is 14.1. The number of likely N-dealkylation sites (N-methyl/N-ethyl adjacent to an activating group) is 1. The van der Waals surface area contributed by atoms with Crippen molar-refractivity contribution < 1.29 is 42.1 Å². The second-order valence-corrected chi connectivity index (χ2v) is 17.2. The van der Waals surface area contributed by atoms with E-state index in [1.165, 1.54) is 57.8 Å². The summed E-state index contributed by atoms with van der Waals surface area (Å²) in [7, 11) is 1.46. The largest absolute Gasteiger partial charge is 0.472 e. The molecule has 0 amide bonds. The summed E-state index contributed by atoms with van der Waals surface area (Å²) in [6.45, 7) is 4.31. The van der Waals surface area contributed by atoms with Gasteiger partial charge in [0.1, 0.15) is 19.8 Å². The summed E-state index contributed by atoms with van der Waals surface area (Å²) in [4.78, 5) is 35.3. The van der Waals surface area contributed by atoms with Gasteiger partial charge >= 0.3 is 19.8 Å². The van der Waals surface area contributed by atoms with Crippen LogP contribution in [0, 0.1) is 0 Å². The van der Waals surface area contributed by atoms with Crippen LogP contribution in [0.2, 0.25) is 0 Å². The van der Waals surface area contributed by atoms with Gasteiger partial charge in [0.2, 0.25) is 0 Å². The zero-order valence-electron chi connectivity index (χ0n) is 35.9. The van der Waals surface area contributed by atoms with Gasteiger partial charge in [0, 0.05) is 12.8 Å². The molecule has 0 aromatic heterocycles. The SMILES string of the molecule is CCC/C=C\C/C=C\CCCCCCCC(=O)OCC(COP(=O)(O)OCC[N+](C)(C)C)OC(=O)CCCCCCCCC/C=C\C/C=C\CCCCCC. The fourth-order valence-corrected chi connectivity index (χ4v) is 6.35. The van der Waals surface area contributed by atoms with Crippen molar-refractivity contribution in [3.05, 3.63) is 48.6 Å². The molecular weight excluding hydrogens is 713 g/mol. The molecule has 0 rings (SSSR count). The van der Waals surface area contributed by atoms with Crippen LogP contribution in [0.4, 0.5) is 0 Å². The Balaban J connectivity index is 4.39. The third kappa shape index (κ3) is 41.4. The molecular formula is C45H83NO8P+. The molecule has 0 spiro atoms. The first-order chi connectivity index (χ1) is 26.5. The fourth-order valence-electron chi connectivity index (χ4n) is 5.61. The molecule has 2 unspecified atom stereocenters. The van der Waals surface area contributed by atoms with Gasteiger partial charge in [-0.2, -0.15) is 0 Å². The van der Waals surface area contributed by atoms with Crippen molar-refractivity contribution in [3.63, 3.8) is 0 Å². The molecule has 0 heterocycles. The number of quaternary nitrogens is 1. The Morgan fingerprint density at radius 1 is 0.564 bits per heavy atom. The van der Waals surface area contributed by atoms with Crippen LogP contribution in [0.15, 0.2) is 48.6 Å². The first kappa shape index (κ1) is 53.0. The Morgan fingerprint density at radius 2 is 1.02 bits per heavy atom. The summed E-state index contributed by atoms with van der Waals surface area (Å²) in [6.07, 6.45) is 42.9. The van der Waals surface area contributed by atoms with E-state index in [1.807, 2.05) is 21.1 Å². The van der Waals surface area contributed by atoms with Crippen LogP contribution in [0.1, 0.15) is 174 Å². The predicted molar refractivity (Wildman–Crippen MR) is 229 cm³/mol. The Morgan fingerprint density at radius 3 is 1.51 bits per heavy atom. The van der Waals surface area contributed by atoms with Gasteiger partial charge in [-0.05, 0) is 70.6 Å². The maximum Gasteiger partial charge on any atom is 0.472 e. The van der Waals surface area contributed by atoms with Gasteiger partial charge in [-0.25, -0.2) is 4.57 Å². The van der Waals surface area contributed by atoms with E-state index in [4.69, 9.17) is 18.5 Å². The van der Waals surface area contributed by atoms with Gasteiger partial charge in [-0.15, -0.1) is 0 Å². The number of hydrogen-bond donors (Lipinski definition) is 1. The minimum Gasteiger partial charge on any atom is -0.462 e. The minimum atomic E-state index is -4.38. The highest BCUT2D eigenvalue weighted by molar-refractivity contribution is 7.47. The number of carbonyl (C=O) groups excluding carboxylic acids is 2.